The predicted octanol–water partition coefficient (Wildman–Crippen LogP) is 0.557. The van der Waals surface area contributed by atoms with E-state index in [0.717, 1.165) is 4.90 Å². The first-order valence-electron chi connectivity index (χ1n) is 6.63. The summed E-state index contributed by atoms with van der Waals surface area (Å²) in [5, 5.41) is 0. The highest BCUT2D eigenvalue weighted by atomic mass is 19.1. The summed E-state index contributed by atoms with van der Waals surface area (Å²) in [6, 6.07) is 4.13. The number of rotatable bonds is 1. The summed E-state index contributed by atoms with van der Waals surface area (Å²) in [5.74, 6) is 3.64. The van der Waals surface area contributed by atoms with Gasteiger partial charge in [0.05, 0.1) is 12.2 Å². The Morgan fingerprint density at radius 2 is 1.95 bits per heavy atom. The van der Waals surface area contributed by atoms with Gasteiger partial charge in [-0.3, -0.25) is 9.59 Å². The Hall–Kier alpha value is -2.23. The highest BCUT2D eigenvalue weighted by molar-refractivity contribution is 6.19. The molecule has 108 valence electrons. The molecular weight excluding hydrogens is 275 g/mol. The SMILES string of the molecule is NCC#Cc1ccc(N2C(=O)C3CCC(O3)C2=O)c(F)c1. The number of hydrogen-bond acceptors (Lipinski definition) is 4. The molecule has 2 atom stereocenters. The van der Waals surface area contributed by atoms with Gasteiger partial charge in [0.15, 0.2) is 0 Å². The molecule has 21 heavy (non-hydrogen) atoms. The van der Waals surface area contributed by atoms with Gasteiger partial charge in [0.2, 0.25) is 0 Å². The number of benzene rings is 1. The van der Waals surface area contributed by atoms with Crippen LogP contribution in [0.1, 0.15) is 18.4 Å². The third-order valence-electron chi connectivity index (χ3n) is 3.53. The molecular formula is C15H13FN2O3. The van der Waals surface area contributed by atoms with Crippen LogP contribution >= 0.6 is 0 Å². The topological polar surface area (TPSA) is 72.6 Å². The van der Waals surface area contributed by atoms with Crippen molar-refractivity contribution < 1.29 is 18.7 Å². The third kappa shape index (κ3) is 2.31. The lowest BCUT2D eigenvalue weighted by Gasteiger charge is -2.30. The fraction of sp³-hybridized carbons (Fsp3) is 0.333. The largest absolute Gasteiger partial charge is 0.355 e. The Bertz CT molecular complexity index is 655. The molecule has 2 saturated heterocycles. The normalized spacial score (nSPS) is 24.0. The number of carbonyl (C=O) groups excluding carboxylic acids is 2. The number of nitrogens with zero attached hydrogens (tertiary/aromatic N) is 1. The number of fused-ring (bicyclic) bond motifs is 2. The number of anilines is 1. The summed E-state index contributed by atoms with van der Waals surface area (Å²) < 4.78 is 19.5. The molecule has 2 N–H and O–H groups in total. The van der Waals surface area contributed by atoms with Crippen molar-refractivity contribution in [1.82, 2.24) is 0 Å². The lowest BCUT2D eigenvalue weighted by Crippen LogP contribution is -2.52. The van der Waals surface area contributed by atoms with Crippen LogP contribution in [0.15, 0.2) is 18.2 Å². The van der Waals surface area contributed by atoms with Gasteiger partial charge in [-0.05, 0) is 31.0 Å². The average molecular weight is 288 g/mol. The van der Waals surface area contributed by atoms with Crippen molar-refractivity contribution in [1.29, 1.82) is 0 Å². The van der Waals surface area contributed by atoms with Gasteiger partial charge >= 0.3 is 0 Å². The zero-order chi connectivity index (χ0) is 15.0. The molecule has 1 aromatic carbocycles. The minimum Gasteiger partial charge on any atom is -0.355 e. The van der Waals surface area contributed by atoms with Crippen LogP contribution in [0.5, 0.6) is 0 Å². The number of amides is 2. The van der Waals surface area contributed by atoms with Crippen LogP contribution < -0.4 is 10.6 Å². The summed E-state index contributed by atoms with van der Waals surface area (Å²) >= 11 is 0. The van der Waals surface area contributed by atoms with Crippen LogP contribution in [0.3, 0.4) is 0 Å². The first kappa shape index (κ1) is 13.7. The van der Waals surface area contributed by atoms with Gasteiger partial charge < -0.3 is 10.5 Å². The molecule has 2 aliphatic rings. The second-order valence-corrected chi connectivity index (χ2v) is 4.87. The van der Waals surface area contributed by atoms with Gasteiger partial charge in [0, 0.05) is 5.56 Å². The van der Waals surface area contributed by atoms with Gasteiger partial charge in [-0.15, -0.1) is 0 Å². The quantitative estimate of drug-likeness (QED) is 0.605. The maximum Gasteiger partial charge on any atom is 0.263 e. The van der Waals surface area contributed by atoms with Crippen LogP contribution in [0.25, 0.3) is 0 Å². The number of halogens is 1. The van der Waals surface area contributed by atoms with Crippen molar-refractivity contribution in [3.63, 3.8) is 0 Å². The van der Waals surface area contributed by atoms with Crippen LogP contribution in [-0.4, -0.2) is 30.6 Å². The Morgan fingerprint density at radius 1 is 1.29 bits per heavy atom. The molecule has 5 nitrogen and oxygen atoms in total. The highest BCUT2D eigenvalue weighted by Gasteiger charge is 2.47. The monoisotopic (exact) mass is 288 g/mol. The molecule has 0 spiro atoms. The smallest absolute Gasteiger partial charge is 0.263 e. The summed E-state index contributed by atoms with van der Waals surface area (Å²) in [6.45, 7) is 0.174. The molecule has 2 amide bonds. The van der Waals surface area contributed by atoms with Gasteiger partial charge in [0.25, 0.3) is 11.8 Å². The summed E-state index contributed by atoms with van der Waals surface area (Å²) in [4.78, 5) is 25.2. The summed E-state index contributed by atoms with van der Waals surface area (Å²) in [5.41, 5.74) is 5.65. The first-order chi connectivity index (χ1) is 10.1. The van der Waals surface area contributed by atoms with Gasteiger partial charge in [-0.25, -0.2) is 9.29 Å². The predicted molar refractivity (Wildman–Crippen MR) is 72.7 cm³/mol. The van der Waals surface area contributed by atoms with Gasteiger partial charge in [-0.2, -0.15) is 0 Å². The van der Waals surface area contributed by atoms with E-state index in [1.165, 1.54) is 12.1 Å². The molecule has 2 fully saturated rings. The van der Waals surface area contributed by atoms with Crippen molar-refractivity contribution >= 4 is 17.5 Å². The molecule has 0 saturated carbocycles. The van der Waals surface area contributed by atoms with Crippen molar-refractivity contribution in [2.75, 3.05) is 11.4 Å². The fourth-order valence-electron chi connectivity index (χ4n) is 2.55. The molecule has 1 aromatic rings. The number of morpholine rings is 1. The van der Waals surface area contributed by atoms with E-state index in [0.29, 0.717) is 18.4 Å². The van der Waals surface area contributed by atoms with E-state index in [9.17, 15) is 14.0 Å². The minimum atomic E-state index is -0.665. The van der Waals surface area contributed by atoms with Crippen LogP contribution in [0.4, 0.5) is 10.1 Å². The van der Waals surface area contributed by atoms with Crippen molar-refractivity contribution in [2.45, 2.75) is 25.0 Å². The maximum atomic E-state index is 14.2. The number of nitrogens with two attached hydrogens (primary N) is 1. The maximum absolute atomic E-state index is 14.2. The average Bonchev–Trinajstić information content (AvgIpc) is 2.92. The Balaban J connectivity index is 1.96. The molecule has 0 radical (unpaired) electrons. The van der Waals surface area contributed by atoms with Gasteiger partial charge in [0.1, 0.15) is 18.0 Å². The molecule has 0 aliphatic carbocycles. The summed E-state index contributed by atoms with van der Waals surface area (Å²) in [7, 11) is 0. The van der Waals surface area contributed by atoms with E-state index in [2.05, 4.69) is 11.8 Å². The van der Waals surface area contributed by atoms with E-state index in [-0.39, 0.29) is 12.2 Å². The van der Waals surface area contributed by atoms with Crippen LogP contribution in [0.2, 0.25) is 0 Å². The highest BCUT2D eigenvalue weighted by Crippen LogP contribution is 2.33. The first-order valence-corrected chi connectivity index (χ1v) is 6.63. The zero-order valence-electron chi connectivity index (χ0n) is 11.1. The zero-order valence-corrected chi connectivity index (χ0v) is 11.1. The molecule has 2 aliphatic heterocycles. The van der Waals surface area contributed by atoms with E-state index < -0.39 is 29.8 Å². The van der Waals surface area contributed by atoms with E-state index in [1.807, 2.05) is 0 Å². The molecule has 2 unspecified atom stereocenters. The second-order valence-electron chi connectivity index (χ2n) is 4.87. The molecule has 2 bridgehead atoms. The third-order valence-corrected chi connectivity index (χ3v) is 3.53. The standard InChI is InChI=1S/C15H13FN2O3/c16-10-8-9(2-1-7-17)3-4-11(10)18-14(19)12-5-6-13(21-12)15(18)20/h3-4,8,12-13H,5-7,17H2. The Morgan fingerprint density at radius 3 is 2.52 bits per heavy atom. The fourth-order valence-corrected chi connectivity index (χ4v) is 2.55. The van der Waals surface area contributed by atoms with E-state index in [4.69, 9.17) is 10.5 Å². The molecule has 3 rings (SSSR count). The molecule has 6 heteroatoms. The number of ether oxygens (including phenoxy) is 1. The lowest BCUT2D eigenvalue weighted by molar-refractivity contribution is -0.146. The molecule has 0 aromatic heterocycles. The van der Waals surface area contributed by atoms with E-state index >= 15 is 0 Å². The van der Waals surface area contributed by atoms with Crippen LogP contribution in [0, 0.1) is 17.7 Å². The van der Waals surface area contributed by atoms with Crippen molar-refractivity contribution in [3.05, 3.63) is 29.6 Å². The lowest BCUT2D eigenvalue weighted by atomic mass is 10.1. The van der Waals surface area contributed by atoms with Crippen LogP contribution in [-0.2, 0) is 14.3 Å². The summed E-state index contributed by atoms with van der Waals surface area (Å²) in [6.07, 6.45) is -0.312. The Kier molecular flexibility index (Phi) is 3.45. The van der Waals surface area contributed by atoms with Gasteiger partial charge in [-0.1, -0.05) is 11.8 Å². The number of carbonyl (C=O) groups is 2. The van der Waals surface area contributed by atoms with E-state index in [1.54, 1.807) is 6.07 Å². The number of hydrogen-bond donors (Lipinski definition) is 1. The minimum absolute atomic E-state index is 0.0523. The van der Waals surface area contributed by atoms with Crippen molar-refractivity contribution in [3.8, 4) is 11.8 Å². The Labute approximate surface area is 120 Å². The number of imide groups is 1. The second kappa shape index (κ2) is 5.28. The van der Waals surface area contributed by atoms with Crippen molar-refractivity contribution in [2.24, 2.45) is 5.73 Å². The molecule has 2 heterocycles.